The van der Waals surface area contributed by atoms with Crippen molar-refractivity contribution in [1.29, 1.82) is 0 Å². The summed E-state index contributed by atoms with van der Waals surface area (Å²) in [5.74, 6) is 0.0328. The van der Waals surface area contributed by atoms with Crippen molar-refractivity contribution < 1.29 is 8.42 Å². The van der Waals surface area contributed by atoms with Crippen LogP contribution >= 0.6 is 0 Å². The van der Waals surface area contributed by atoms with Gasteiger partial charge in [-0.25, -0.2) is 8.42 Å². The van der Waals surface area contributed by atoms with Crippen LogP contribution in [0.4, 0.5) is 0 Å². The Hall–Kier alpha value is -2.54. The van der Waals surface area contributed by atoms with E-state index in [0.29, 0.717) is 0 Å². The average molecular weight is 314 g/mol. The third-order valence-electron chi connectivity index (χ3n) is 3.23. The van der Waals surface area contributed by atoms with Crippen LogP contribution in [0.5, 0.6) is 0 Å². The monoisotopic (exact) mass is 314 g/mol. The summed E-state index contributed by atoms with van der Waals surface area (Å²) >= 11 is 0. The van der Waals surface area contributed by atoms with Crippen molar-refractivity contribution in [3.05, 3.63) is 66.0 Å². The molecular formula is C15H14N4O2S. The van der Waals surface area contributed by atoms with Gasteiger partial charge in [0.05, 0.1) is 10.6 Å². The number of benzene rings is 2. The molecule has 2 aromatic carbocycles. The second-order valence-electron chi connectivity index (χ2n) is 4.91. The molecule has 1 heterocycles. The van der Waals surface area contributed by atoms with E-state index in [9.17, 15) is 8.42 Å². The van der Waals surface area contributed by atoms with Gasteiger partial charge in [0.25, 0.3) is 0 Å². The van der Waals surface area contributed by atoms with E-state index in [0.717, 1.165) is 11.3 Å². The predicted octanol–water partition coefficient (Wildman–Crippen LogP) is 1.94. The lowest BCUT2D eigenvalue weighted by Gasteiger charge is -2.06. The summed E-state index contributed by atoms with van der Waals surface area (Å²) in [6, 6.07) is 15.8. The minimum Gasteiger partial charge on any atom is -0.223 e. The van der Waals surface area contributed by atoms with E-state index in [1.165, 1.54) is 4.68 Å². The number of hydrogen-bond donors (Lipinski definition) is 0. The Balaban J connectivity index is 1.95. The van der Waals surface area contributed by atoms with Crippen molar-refractivity contribution >= 4 is 9.84 Å². The Morgan fingerprint density at radius 3 is 2.36 bits per heavy atom. The first-order valence-electron chi connectivity index (χ1n) is 6.68. The summed E-state index contributed by atoms with van der Waals surface area (Å²) in [6.45, 7) is 1.98. The molecule has 0 saturated carbocycles. The van der Waals surface area contributed by atoms with E-state index in [1.54, 1.807) is 30.3 Å². The van der Waals surface area contributed by atoms with Gasteiger partial charge in [0, 0.05) is 0 Å². The lowest BCUT2D eigenvalue weighted by atomic mass is 10.2. The third kappa shape index (κ3) is 2.89. The molecule has 112 valence electrons. The maximum absolute atomic E-state index is 12.4. The molecule has 0 spiro atoms. The van der Waals surface area contributed by atoms with Gasteiger partial charge in [0.15, 0.2) is 15.7 Å². The molecule has 7 heteroatoms. The predicted molar refractivity (Wildman–Crippen MR) is 81.2 cm³/mol. The molecule has 0 unspecified atom stereocenters. The van der Waals surface area contributed by atoms with E-state index in [4.69, 9.17) is 0 Å². The van der Waals surface area contributed by atoms with Crippen molar-refractivity contribution in [3.63, 3.8) is 0 Å². The molecule has 3 aromatic rings. The molecule has 0 amide bonds. The van der Waals surface area contributed by atoms with Gasteiger partial charge >= 0.3 is 0 Å². The van der Waals surface area contributed by atoms with Gasteiger partial charge in [-0.1, -0.05) is 35.9 Å². The van der Waals surface area contributed by atoms with E-state index in [1.807, 2.05) is 31.2 Å². The number of hydrogen-bond acceptors (Lipinski definition) is 5. The van der Waals surface area contributed by atoms with Crippen LogP contribution in [0.15, 0.2) is 59.5 Å². The van der Waals surface area contributed by atoms with Crippen LogP contribution < -0.4 is 0 Å². The van der Waals surface area contributed by atoms with Gasteiger partial charge in [-0.3, -0.25) is 0 Å². The average Bonchev–Trinajstić information content (AvgIpc) is 2.96. The quantitative estimate of drug-likeness (QED) is 0.735. The lowest BCUT2D eigenvalue weighted by molar-refractivity contribution is 0.592. The highest BCUT2D eigenvalue weighted by molar-refractivity contribution is 7.90. The molecule has 0 saturated heterocycles. The summed E-state index contributed by atoms with van der Waals surface area (Å²) in [7, 11) is -3.49. The zero-order valence-corrected chi connectivity index (χ0v) is 12.7. The fraction of sp³-hybridized carbons (Fsp3) is 0.133. The van der Waals surface area contributed by atoms with Crippen molar-refractivity contribution in [3.8, 4) is 5.69 Å². The van der Waals surface area contributed by atoms with Crippen LogP contribution in [0.1, 0.15) is 11.4 Å². The number of sulfone groups is 1. The van der Waals surface area contributed by atoms with Gasteiger partial charge in [0.1, 0.15) is 5.75 Å². The first-order valence-corrected chi connectivity index (χ1v) is 8.33. The van der Waals surface area contributed by atoms with E-state index < -0.39 is 9.84 Å². The Bertz CT molecular complexity index is 871. The topological polar surface area (TPSA) is 77.7 Å². The number of aromatic nitrogens is 4. The fourth-order valence-electron chi connectivity index (χ4n) is 2.06. The molecule has 0 N–H and O–H groups in total. The molecule has 22 heavy (non-hydrogen) atoms. The third-order valence-corrected chi connectivity index (χ3v) is 4.86. The molecular weight excluding hydrogens is 300 g/mol. The van der Waals surface area contributed by atoms with E-state index in [2.05, 4.69) is 15.5 Å². The molecule has 0 aliphatic carbocycles. The van der Waals surface area contributed by atoms with Gasteiger partial charge in [-0.05, 0) is 41.6 Å². The minimum absolute atomic E-state index is 0.252. The van der Waals surface area contributed by atoms with Gasteiger partial charge in [0.2, 0.25) is 0 Å². The minimum atomic E-state index is -3.49. The molecule has 0 fully saturated rings. The lowest BCUT2D eigenvalue weighted by Crippen LogP contribution is -2.11. The van der Waals surface area contributed by atoms with Crippen LogP contribution in [0.3, 0.4) is 0 Å². The second-order valence-corrected chi connectivity index (χ2v) is 6.90. The molecule has 0 bridgehead atoms. The van der Waals surface area contributed by atoms with Crippen LogP contribution in [0, 0.1) is 6.92 Å². The maximum Gasteiger partial charge on any atom is 0.185 e. The highest BCUT2D eigenvalue weighted by atomic mass is 32.2. The largest absolute Gasteiger partial charge is 0.223 e. The van der Waals surface area contributed by atoms with Crippen molar-refractivity contribution in [2.24, 2.45) is 0 Å². The zero-order chi connectivity index (χ0) is 15.6. The molecule has 0 aliphatic rings. The van der Waals surface area contributed by atoms with Gasteiger partial charge in [-0.15, -0.1) is 5.10 Å². The highest BCUT2D eigenvalue weighted by Crippen LogP contribution is 2.16. The van der Waals surface area contributed by atoms with E-state index in [-0.39, 0.29) is 16.5 Å². The van der Waals surface area contributed by atoms with Gasteiger partial charge < -0.3 is 0 Å². The molecule has 3 rings (SSSR count). The van der Waals surface area contributed by atoms with Crippen LogP contribution in [-0.4, -0.2) is 28.6 Å². The summed E-state index contributed by atoms with van der Waals surface area (Å²) in [5.41, 5.74) is 1.84. The van der Waals surface area contributed by atoms with E-state index >= 15 is 0 Å². The highest BCUT2D eigenvalue weighted by Gasteiger charge is 2.20. The second kappa shape index (κ2) is 5.69. The SMILES string of the molecule is Cc1ccc(-n2nnnc2CS(=O)(=O)c2ccccc2)cc1. The van der Waals surface area contributed by atoms with Gasteiger partial charge in [-0.2, -0.15) is 4.68 Å². The summed E-state index contributed by atoms with van der Waals surface area (Å²) in [6.07, 6.45) is 0. The number of rotatable bonds is 4. The van der Waals surface area contributed by atoms with Crippen LogP contribution in [0.25, 0.3) is 5.69 Å². The Labute approximate surface area is 128 Å². The maximum atomic E-state index is 12.4. The molecule has 0 radical (unpaired) electrons. The summed E-state index contributed by atoms with van der Waals surface area (Å²) in [4.78, 5) is 0.258. The first kappa shape index (κ1) is 14.4. The Morgan fingerprint density at radius 1 is 1.00 bits per heavy atom. The normalized spacial score (nSPS) is 11.5. The Morgan fingerprint density at radius 2 is 1.68 bits per heavy atom. The van der Waals surface area contributed by atoms with Crippen molar-refractivity contribution in [2.75, 3.05) is 0 Å². The fourth-order valence-corrected chi connectivity index (χ4v) is 3.32. The smallest absolute Gasteiger partial charge is 0.185 e. The van der Waals surface area contributed by atoms with Crippen LogP contribution in [-0.2, 0) is 15.6 Å². The number of tetrazole rings is 1. The molecule has 1 aromatic heterocycles. The number of aryl methyl sites for hydroxylation is 1. The summed E-state index contributed by atoms with van der Waals surface area (Å²) < 4.78 is 26.3. The number of nitrogens with zero attached hydrogens (tertiary/aromatic N) is 4. The molecule has 0 atom stereocenters. The van der Waals surface area contributed by atoms with Crippen molar-refractivity contribution in [2.45, 2.75) is 17.6 Å². The first-order chi connectivity index (χ1) is 10.6. The molecule has 6 nitrogen and oxygen atoms in total. The standard InChI is InChI=1S/C15H14N4O2S/c1-12-7-9-13(10-8-12)19-15(16-17-18-19)11-22(20,21)14-5-3-2-4-6-14/h2-10H,11H2,1H3. The summed E-state index contributed by atoms with van der Waals surface area (Å²) in [5, 5.41) is 11.3. The zero-order valence-electron chi connectivity index (χ0n) is 11.9. The van der Waals surface area contributed by atoms with Crippen molar-refractivity contribution in [1.82, 2.24) is 20.2 Å². The molecule has 0 aliphatic heterocycles. The Kier molecular flexibility index (Phi) is 3.72. The van der Waals surface area contributed by atoms with Crippen LogP contribution in [0.2, 0.25) is 0 Å².